The summed E-state index contributed by atoms with van der Waals surface area (Å²) in [5.41, 5.74) is 1.84. The van der Waals surface area contributed by atoms with Gasteiger partial charge in [0.15, 0.2) is 0 Å². The van der Waals surface area contributed by atoms with E-state index < -0.39 is 6.04 Å². The summed E-state index contributed by atoms with van der Waals surface area (Å²) < 4.78 is 5.03. The molecule has 1 aliphatic rings. The second-order valence-electron chi connectivity index (χ2n) is 4.96. The molecule has 1 unspecified atom stereocenters. The van der Waals surface area contributed by atoms with E-state index in [0.717, 1.165) is 5.56 Å². The molecule has 1 fully saturated rings. The van der Waals surface area contributed by atoms with E-state index in [1.807, 2.05) is 31.2 Å². The number of ether oxygens (including phenoxy) is 1. The van der Waals surface area contributed by atoms with E-state index in [-0.39, 0.29) is 12.0 Å². The van der Waals surface area contributed by atoms with E-state index in [9.17, 15) is 9.59 Å². The topological polar surface area (TPSA) is 70.7 Å². The molecular weight excluding hydrogens is 270 g/mol. The van der Waals surface area contributed by atoms with Crippen molar-refractivity contribution in [3.8, 4) is 0 Å². The molecule has 21 heavy (non-hydrogen) atoms. The number of carbonyl (C=O) groups is 2. The number of hydrogen-bond acceptors (Lipinski definition) is 4. The SMILES string of the molecule is CCOC(=O)C1CNCCN1C(=O)Nc1ccc(C)cc1. The fourth-order valence-electron chi connectivity index (χ4n) is 2.23. The zero-order valence-electron chi connectivity index (χ0n) is 12.4. The number of rotatable bonds is 3. The maximum atomic E-state index is 12.4. The highest BCUT2D eigenvalue weighted by atomic mass is 16.5. The predicted molar refractivity (Wildman–Crippen MR) is 80.2 cm³/mol. The second-order valence-corrected chi connectivity index (χ2v) is 4.96. The van der Waals surface area contributed by atoms with Crippen LogP contribution in [-0.4, -0.2) is 49.2 Å². The smallest absolute Gasteiger partial charge is 0.330 e. The van der Waals surface area contributed by atoms with Crippen molar-refractivity contribution in [1.29, 1.82) is 0 Å². The minimum Gasteiger partial charge on any atom is -0.464 e. The van der Waals surface area contributed by atoms with Crippen LogP contribution in [0.2, 0.25) is 0 Å². The summed E-state index contributed by atoms with van der Waals surface area (Å²) in [6.07, 6.45) is 0. The van der Waals surface area contributed by atoms with Gasteiger partial charge in [0.1, 0.15) is 6.04 Å². The quantitative estimate of drug-likeness (QED) is 0.825. The molecular formula is C15H21N3O3. The van der Waals surface area contributed by atoms with Gasteiger partial charge < -0.3 is 20.3 Å². The molecule has 6 heteroatoms. The lowest BCUT2D eigenvalue weighted by atomic mass is 10.2. The molecule has 1 heterocycles. The summed E-state index contributed by atoms with van der Waals surface area (Å²) in [6.45, 7) is 5.60. The van der Waals surface area contributed by atoms with Crippen LogP contribution in [0.25, 0.3) is 0 Å². The number of urea groups is 1. The lowest BCUT2D eigenvalue weighted by Crippen LogP contribution is -2.58. The van der Waals surface area contributed by atoms with Crippen molar-refractivity contribution in [2.24, 2.45) is 0 Å². The molecule has 2 N–H and O–H groups in total. The van der Waals surface area contributed by atoms with E-state index >= 15 is 0 Å². The summed E-state index contributed by atoms with van der Waals surface area (Å²) in [7, 11) is 0. The van der Waals surface area contributed by atoms with Gasteiger partial charge in [-0.3, -0.25) is 0 Å². The molecule has 1 atom stereocenters. The number of nitrogens with zero attached hydrogens (tertiary/aromatic N) is 1. The third-order valence-corrected chi connectivity index (χ3v) is 3.37. The first-order valence-electron chi connectivity index (χ1n) is 7.13. The Morgan fingerprint density at radius 3 is 2.76 bits per heavy atom. The Labute approximate surface area is 124 Å². The van der Waals surface area contributed by atoms with Gasteiger partial charge in [-0.15, -0.1) is 0 Å². The van der Waals surface area contributed by atoms with Crippen molar-refractivity contribution < 1.29 is 14.3 Å². The minimum atomic E-state index is -0.579. The largest absolute Gasteiger partial charge is 0.464 e. The fourth-order valence-corrected chi connectivity index (χ4v) is 2.23. The Hall–Kier alpha value is -2.08. The van der Waals surface area contributed by atoms with E-state index in [4.69, 9.17) is 4.74 Å². The third-order valence-electron chi connectivity index (χ3n) is 3.37. The summed E-state index contributed by atoms with van der Waals surface area (Å²) in [5, 5.41) is 5.93. The van der Waals surface area contributed by atoms with Crippen molar-refractivity contribution in [2.75, 3.05) is 31.6 Å². The van der Waals surface area contributed by atoms with Crippen molar-refractivity contribution in [1.82, 2.24) is 10.2 Å². The molecule has 0 bridgehead atoms. The number of piperazine rings is 1. The van der Waals surface area contributed by atoms with Crippen LogP contribution in [-0.2, 0) is 9.53 Å². The van der Waals surface area contributed by atoms with Gasteiger partial charge >= 0.3 is 12.0 Å². The molecule has 0 radical (unpaired) electrons. The van der Waals surface area contributed by atoms with Gasteiger partial charge in [-0.25, -0.2) is 9.59 Å². The Morgan fingerprint density at radius 2 is 2.10 bits per heavy atom. The maximum Gasteiger partial charge on any atom is 0.330 e. The van der Waals surface area contributed by atoms with E-state index in [1.54, 1.807) is 6.92 Å². The number of benzene rings is 1. The number of carbonyl (C=O) groups excluding carboxylic acids is 2. The highest BCUT2D eigenvalue weighted by Gasteiger charge is 2.33. The first kappa shape index (κ1) is 15.3. The molecule has 2 rings (SSSR count). The van der Waals surface area contributed by atoms with Gasteiger partial charge in [0.05, 0.1) is 6.61 Å². The predicted octanol–water partition coefficient (Wildman–Crippen LogP) is 1.36. The standard InChI is InChI=1S/C15H21N3O3/c1-3-21-14(19)13-10-16-8-9-18(13)15(20)17-12-6-4-11(2)5-7-12/h4-7,13,16H,3,8-10H2,1-2H3,(H,17,20). The van der Waals surface area contributed by atoms with Crippen molar-refractivity contribution >= 4 is 17.7 Å². The van der Waals surface area contributed by atoms with Crippen molar-refractivity contribution in [3.63, 3.8) is 0 Å². The number of aryl methyl sites for hydroxylation is 1. The van der Waals surface area contributed by atoms with Crippen LogP contribution in [0.1, 0.15) is 12.5 Å². The average molecular weight is 291 g/mol. The summed E-state index contributed by atoms with van der Waals surface area (Å²) in [4.78, 5) is 25.8. The van der Waals surface area contributed by atoms with E-state index in [0.29, 0.717) is 31.9 Å². The number of anilines is 1. The van der Waals surface area contributed by atoms with Crippen molar-refractivity contribution in [3.05, 3.63) is 29.8 Å². The molecule has 114 valence electrons. The zero-order valence-corrected chi connectivity index (χ0v) is 12.4. The lowest BCUT2D eigenvalue weighted by Gasteiger charge is -2.34. The molecule has 1 saturated heterocycles. The Balaban J connectivity index is 2.04. The van der Waals surface area contributed by atoms with Crippen LogP contribution in [0.15, 0.2) is 24.3 Å². The molecule has 2 amide bonds. The first-order chi connectivity index (χ1) is 10.1. The highest BCUT2D eigenvalue weighted by Crippen LogP contribution is 2.12. The summed E-state index contributed by atoms with van der Waals surface area (Å²) in [6, 6.07) is 6.68. The third kappa shape index (κ3) is 3.95. The molecule has 6 nitrogen and oxygen atoms in total. The first-order valence-corrected chi connectivity index (χ1v) is 7.13. The summed E-state index contributed by atoms with van der Waals surface area (Å²) in [5.74, 6) is -0.372. The van der Waals surface area contributed by atoms with Gasteiger partial charge in [-0.1, -0.05) is 17.7 Å². The van der Waals surface area contributed by atoms with Crippen LogP contribution >= 0.6 is 0 Å². The lowest BCUT2D eigenvalue weighted by molar-refractivity contribution is -0.148. The monoisotopic (exact) mass is 291 g/mol. The highest BCUT2D eigenvalue weighted by molar-refractivity contribution is 5.92. The van der Waals surface area contributed by atoms with Crippen LogP contribution in [0.4, 0.5) is 10.5 Å². The van der Waals surface area contributed by atoms with Gasteiger partial charge in [-0.05, 0) is 26.0 Å². The van der Waals surface area contributed by atoms with Crippen molar-refractivity contribution in [2.45, 2.75) is 19.9 Å². The maximum absolute atomic E-state index is 12.4. The number of nitrogens with one attached hydrogen (secondary N) is 2. The van der Waals surface area contributed by atoms with Gasteiger partial charge in [0, 0.05) is 25.3 Å². The Morgan fingerprint density at radius 1 is 1.38 bits per heavy atom. The fraction of sp³-hybridized carbons (Fsp3) is 0.467. The molecule has 0 aromatic heterocycles. The summed E-state index contributed by atoms with van der Waals surface area (Å²) >= 11 is 0. The van der Waals surface area contributed by atoms with E-state index in [2.05, 4.69) is 10.6 Å². The Bertz CT molecular complexity index is 501. The Kier molecular flexibility index (Phi) is 5.16. The molecule has 0 aliphatic carbocycles. The normalized spacial score (nSPS) is 18.2. The van der Waals surface area contributed by atoms with Gasteiger partial charge in [0.25, 0.3) is 0 Å². The van der Waals surface area contributed by atoms with Gasteiger partial charge in [-0.2, -0.15) is 0 Å². The molecule has 1 aliphatic heterocycles. The van der Waals surface area contributed by atoms with Crippen LogP contribution in [0, 0.1) is 6.92 Å². The molecule has 0 spiro atoms. The van der Waals surface area contributed by atoms with E-state index in [1.165, 1.54) is 4.90 Å². The second kappa shape index (κ2) is 7.08. The van der Waals surface area contributed by atoms with Crippen LogP contribution in [0.5, 0.6) is 0 Å². The zero-order chi connectivity index (χ0) is 15.2. The number of hydrogen-bond donors (Lipinski definition) is 2. The number of esters is 1. The molecule has 1 aromatic carbocycles. The average Bonchev–Trinajstić information content (AvgIpc) is 2.50. The molecule has 1 aromatic rings. The number of amides is 2. The van der Waals surface area contributed by atoms with Crippen LogP contribution in [0.3, 0.4) is 0 Å². The van der Waals surface area contributed by atoms with Gasteiger partial charge in [0.2, 0.25) is 0 Å². The van der Waals surface area contributed by atoms with Crippen LogP contribution < -0.4 is 10.6 Å². The minimum absolute atomic E-state index is 0.279. The molecule has 0 saturated carbocycles.